The number of benzene rings is 2. The summed E-state index contributed by atoms with van der Waals surface area (Å²) in [5.41, 5.74) is 5.74. The monoisotopic (exact) mass is 298 g/mol. The van der Waals surface area contributed by atoms with Crippen molar-refractivity contribution in [2.75, 3.05) is 4.72 Å². The van der Waals surface area contributed by atoms with Crippen LogP contribution in [0.2, 0.25) is 0 Å². The van der Waals surface area contributed by atoms with E-state index in [1.807, 2.05) is 4.72 Å². The molecule has 0 atom stereocenters. The first kappa shape index (κ1) is 14.4. The average molecular weight is 298 g/mol. The fourth-order valence-electron chi connectivity index (χ4n) is 1.58. The van der Waals surface area contributed by atoms with Gasteiger partial charge in [0.15, 0.2) is 0 Å². The van der Waals surface area contributed by atoms with Crippen LogP contribution in [-0.4, -0.2) is 8.42 Å². The molecule has 0 fully saturated rings. The Morgan fingerprint density at radius 3 is 2.30 bits per heavy atom. The van der Waals surface area contributed by atoms with Crippen molar-refractivity contribution in [3.63, 3.8) is 0 Å². The molecular formula is C13H12F2N2O2S. The van der Waals surface area contributed by atoms with Gasteiger partial charge in [-0.1, -0.05) is 12.1 Å². The van der Waals surface area contributed by atoms with Gasteiger partial charge in [0.1, 0.15) is 11.6 Å². The molecule has 0 unspecified atom stereocenters. The zero-order valence-corrected chi connectivity index (χ0v) is 11.1. The topological polar surface area (TPSA) is 72.2 Å². The molecule has 3 N–H and O–H groups in total. The van der Waals surface area contributed by atoms with Gasteiger partial charge in [-0.2, -0.15) is 0 Å². The third-order valence-corrected chi connectivity index (χ3v) is 4.02. The van der Waals surface area contributed by atoms with Crippen LogP contribution in [0, 0.1) is 11.6 Å². The van der Waals surface area contributed by atoms with Crippen LogP contribution >= 0.6 is 0 Å². The maximum atomic E-state index is 13.4. The number of hydrogen-bond donors (Lipinski definition) is 2. The van der Waals surface area contributed by atoms with Crippen LogP contribution in [-0.2, 0) is 16.6 Å². The van der Waals surface area contributed by atoms with Crippen molar-refractivity contribution < 1.29 is 17.2 Å². The second kappa shape index (κ2) is 5.56. The molecule has 0 saturated carbocycles. The first-order chi connectivity index (χ1) is 9.42. The van der Waals surface area contributed by atoms with Crippen molar-refractivity contribution in [2.24, 2.45) is 5.73 Å². The van der Waals surface area contributed by atoms with Gasteiger partial charge in [-0.05, 0) is 29.8 Å². The summed E-state index contributed by atoms with van der Waals surface area (Å²) in [5, 5.41) is 0. The highest BCUT2D eigenvalue weighted by molar-refractivity contribution is 7.92. The van der Waals surface area contributed by atoms with Crippen LogP contribution < -0.4 is 10.5 Å². The zero-order valence-electron chi connectivity index (χ0n) is 10.3. The Kier molecular flexibility index (Phi) is 4.01. The van der Waals surface area contributed by atoms with Crippen LogP contribution in [0.5, 0.6) is 0 Å². The molecule has 7 heteroatoms. The summed E-state index contributed by atoms with van der Waals surface area (Å²) >= 11 is 0. The number of nitrogens with two attached hydrogens (primary N) is 1. The highest BCUT2D eigenvalue weighted by Gasteiger charge is 2.16. The lowest BCUT2D eigenvalue weighted by Crippen LogP contribution is -2.14. The van der Waals surface area contributed by atoms with Gasteiger partial charge in [0.25, 0.3) is 10.0 Å². The van der Waals surface area contributed by atoms with Crippen molar-refractivity contribution in [3.8, 4) is 0 Å². The second-order valence-electron chi connectivity index (χ2n) is 4.08. The molecule has 0 spiro atoms. The second-order valence-corrected chi connectivity index (χ2v) is 5.76. The van der Waals surface area contributed by atoms with Crippen molar-refractivity contribution in [1.29, 1.82) is 0 Å². The summed E-state index contributed by atoms with van der Waals surface area (Å²) in [6.45, 7) is 0.284. The standard InChI is InChI=1S/C13H12F2N2O2S/c14-10-3-6-12(15)13(7-10)17-20(18,19)11-4-1-9(8-16)2-5-11/h1-7,17H,8,16H2. The predicted molar refractivity (Wildman–Crippen MR) is 71.5 cm³/mol. The Morgan fingerprint density at radius 1 is 1.05 bits per heavy atom. The van der Waals surface area contributed by atoms with Crippen LogP contribution in [0.4, 0.5) is 14.5 Å². The third kappa shape index (κ3) is 3.12. The zero-order chi connectivity index (χ0) is 14.8. The Bertz CT molecular complexity index is 716. The summed E-state index contributed by atoms with van der Waals surface area (Å²) in [5.74, 6) is -1.59. The maximum absolute atomic E-state index is 13.4. The molecule has 2 aromatic carbocycles. The highest BCUT2D eigenvalue weighted by atomic mass is 32.2. The number of sulfonamides is 1. The Labute approximate surface area is 115 Å². The van der Waals surface area contributed by atoms with E-state index >= 15 is 0 Å². The average Bonchev–Trinajstić information content (AvgIpc) is 2.43. The fourth-order valence-corrected chi connectivity index (χ4v) is 2.64. The number of hydrogen-bond acceptors (Lipinski definition) is 3. The van der Waals surface area contributed by atoms with E-state index in [0.717, 1.165) is 23.8 Å². The summed E-state index contributed by atoms with van der Waals surface area (Å²) in [4.78, 5) is -0.0571. The minimum atomic E-state index is -3.98. The first-order valence-corrected chi connectivity index (χ1v) is 7.17. The number of rotatable bonds is 4. The summed E-state index contributed by atoms with van der Waals surface area (Å²) < 4.78 is 52.5. The largest absolute Gasteiger partial charge is 0.326 e. The van der Waals surface area contributed by atoms with Gasteiger partial charge in [0.2, 0.25) is 0 Å². The molecule has 0 aliphatic rings. The molecule has 0 aromatic heterocycles. The van der Waals surface area contributed by atoms with Crippen molar-refractivity contribution in [2.45, 2.75) is 11.4 Å². The number of nitrogens with one attached hydrogen (secondary N) is 1. The van der Waals surface area contributed by atoms with E-state index < -0.39 is 27.3 Å². The number of anilines is 1. The quantitative estimate of drug-likeness (QED) is 0.909. The molecule has 0 saturated heterocycles. The molecule has 4 nitrogen and oxygen atoms in total. The normalized spacial score (nSPS) is 11.3. The molecule has 20 heavy (non-hydrogen) atoms. The Hall–Kier alpha value is -1.99. The minimum Gasteiger partial charge on any atom is -0.326 e. The first-order valence-electron chi connectivity index (χ1n) is 5.69. The summed E-state index contributed by atoms with van der Waals surface area (Å²) in [6, 6.07) is 8.34. The molecule has 0 bridgehead atoms. The Morgan fingerprint density at radius 2 is 1.70 bits per heavy atom. The smallest absolute Gasteiger partial charge is 0.261 e. The van der Waals surface area contributed by atoms with E-state index in [9.17, 15) is 17.2 Å². The molecule has 2 aromatic rings. The van der Waals surface area contributed by atoms with Gasteiger partial charge in [0.05, 0.1) is 10.6 Å². The lowest BCUT2D eigenvalue weighted by atomic mass is 10.2. The minimum absolute atomic E-state index is 0.0571. The molecule has 0 aliphatic heterocycles. The van der Waals surface area contributed by atoms with Gasteiger partial charge < -0.3 is 5.73 Å². The van der Waals surface area contributed by atoms with Crippen LogP contribution in [0.1, 0.15) is 5.56 Å². The van der Waals surface area contributed by atoms with Crippen LogP contribution in [0.25, 0.3) is 0 Å². The van der Waals surface area contributed by atoms with Gasteiger partial charge in [0, 0.05) is 12.6 Å². The lowest BCUT2D eigenvalue weighted by molar-refractivity contribution is 0.594. The van der Waals surface area contributed by atoms with E-state index in [2.05, 4.69) is 0 Å². The molecule has 0 radical (unpaired) electrons. The van der Waals surface area contributed by atoms with E-state index in [1.54, 1.807) is 12.1 Å². The van der Waals surface area contributed by atoms with Crippen molar-refractivity contribution in [1.82, 2.24) is 0 Å². The van der Waals surface area contributed by atoms with Gasteiger partial charge >= 0.3 is 0 Å². The van der Waals surface area contributed by atoms with Gasteiger partial charge in [-0.3, -0.25) is 4.72 Å². The molecule has 2 rings (SSSR count). The van der Waals surface area contributed by atoms with E-state index in [4.69, 9.17) is 5.73 Å². The maximum Gasteiger partial charge on any atom is 0.261 e. The molecular weight excluding hydrogens is 286 g/mol. The molecule has 0 aliphatic carbocycles. The Balaban J connectivity index is 2.32. The van der Waals surface area contributed by atoms with Crippen molar-refractivity contribution >= 4 is 15.7 Å². The third-order valence-electron chi connectivity index (χ3n) is 2.64. The van der Waals surface area contributed by atoms with E-state index in [1.165, 1.54) is 12.1 Å². The SMILES string of the molecule is NCc1ccc(S(=O)(=O)Nc2cc(F)ccc2F)cc1. The molecule has 0 amide bonds. The highest BCUT2D eigenvalue weighted by Crippen LogP contribution is 2.20. The lowest BCUT2D eigenvalue weighted by Gasteiger charge is -2.09. The van der Waals surface area contributed by atoms with Crippen molar-refractivity contribution in [3.05, 3.63) is 59.7 Å². The fraction of sp³-hybridized carbons (Fsp3) is 0.0769. The molecule has 106 valence electrons. The van der Waals surface area contributed by atoms with Crippen LogP contribution in [0.15, 0.2) is 47.4 Å². The van der Waals surface area contributed by atoms with Crippen LogP contribution in [0.3, 0.4) is 0 Å². The van der Waals surface area contributed by atoms with E-state index in [-0.39, 0.29) is 11.4 Å². The summed E-state index contributed by atoms with van der Waals surface area (Å²) in [7, 11) is -3.98. The molecule has 0 heterocycles. The van der Waals surface area contributed by atoms with Gasteiger partial charge in [-0.25, -0.2) is 17.2 Å². The number of halogens is 2. The van der Waals surface area contributed by atoms with Gasteiger partial charge in [-0.15, -0.1) is 0 Å². The summed E-state index contributed by atoms with van der Waals surface area (Å²) in [6.07, 6.45) is 0. The predicted octanol–water partition coefficient (Wildman–Crippen LogP) is 2.22. The van der Waals surface area contributed by atoms with E-state index in [0.29, 0.717) is 0 Å².